The van der Waals surface area contributed by atoms with Crippen LogP contribution in [0.25, 0.3) is 0 Å². The lowest BCUT2D eigenvalue weighted by molar-refractivity contribution is 0.108. The minimum absolute atomic E-state index is 0.254. The van der Waals surface area contributed by atoms with E-state index in [1.54, 1.807) is 0 Å². The van der Waals surface area contributed by atoms with Gasteiger partial charge in [-0.15, -0.1) is 0 Å². The number of anilines is 2. The van der Waals surface area contributed by atoms with Gasteiger partial charge < -0.3 is 15.0 Å². The maximum atomic E-state index is 6.04. The van der Waals surface area contributed by atoms with Crippen LogP contribution < -0.4 is 10.2 Å². The van der Waals surface area contributed by atoms with E-state index in [0.717, 1.165) is 32.7 Å². The van der Waals surface area contributed by atoms with Crippen molar-refractivity contribution in [2.75, 3.05) is 36.5 Å². The quantitative estimate of drug-likeness (QED) is 0.921. The van der Waals surface area contributed by atoms with Crippen molar-refractivity contribution in [2.24, 2.45) is 5.92 Å². The van der Waals surface area contributed by atoms with Crippen molar-refractivity contribution in [3.8, 4) is 0 Å². The maximum Gasteiger partial charge on any atom is 0.231 e. The highest BCUT2D eigenvalue weighted by Gasteiger charge is 2.24. The summed E-state index contributed by atoms with van der Waals surface area (Å²) < 4.78 is 5.57. The van der Waals surface area contributed by atoms with Gasteiger partial charge in [0.25, 0.3) is 0 Å². The lowest BCUT2D eigenvalue weighted by Crippen LogP contribution is -2.31. The van der Waals surface area contributed by atoms with Gasteiger partial charge in [-0.3, -0.25) is 0 Å². The summed E-state index contributed by atoms with van der Waals surface area (Å²) in [7, 11) is 0. The fourth-order valence-corrected chi connectivity index (χ4v) is 3.08. The molecule has 1 aromatic heterocycles. The largest absolute Gasteiger partial charge is 0.378 e. The van der Waals surface area contributed by atoms with E-state index in [9.17, 15) is 0 Å². The van der Waals surface area contributed by atoms with E-state index in [2.05, 4.69) is 32.1 Å². The average molecular weight is 312 g/mol. The summed E-state index contributed by atoms with van der Waals surface area (Å²) in [6.45, 7) is 5.74. The third-order valence-corrected chi connectivity index (χ3v) is 4.46. The second kappa shape index (κ2) is 6.75. The van der Waals surface area contributed by atoms with Crippen LogP contribution in [-0.2, 0) is 4.74 Å². The minimum atomic E-state index is 0.254. The van der Waals surface area contributed by atoms with Crippen LogP contribution in [0.1, 0.15) is 32.6 Å². The van der Waals surface area contributed by atoms with Crippen LogP contribution in [0.5, 0.6) is 0 Å². The Hall–Kier alpha value is -1.14. The van der Waals surface area contributed by atoms with Crippen molar-refractivity contribution in [3.05, 3.63) is 5.28 Å². The monoisotopic (exact) mass is 311 g/mol. The van der Waals surface area contributed by atoms with Crippen molar-refractivity contribution in [2.45, 2.75) is 38.7 Å². The predicted octanol–water partition coefficient (Wildman–Crippen LogP) is 2.35. The molecular weight excluding hydrogens is 290 g/mol. The second-order valence-corrected chi connectivity index (χ2v) is 6.12. The standard InChI is InChI=1S/C14H22ClN5O/c1-10-11(5-8-21-10)9-16-13-17-12(15)18-14(19-13)20-6-3-2-4-7-20/h10-11H,2-9H2,1H3,(H,16,17,18,19). The van der Waals surface area contributed by atoms with E-state index < -0.39 is 0 Å². The van der Waals surface area contributed by atoms with Gasteiger partial charge >= 0.3 is 0 Å². The summed E-state index contributed by atoms with van der Waals surface area (Å²) in [6, 6.07) is 0. The number of hydrogen-bond donors (Lipinski definition) is 1. The highest BCUT2D eigenvalue weighted by atomic mass is 35.5. The number of nitrogens with zero attached hydrogens (tertiary/aromatic N) is 4. The fourth-order valence-electron chi connectivity index (χ4n) is 2.92. The van der Waals surface area contributed by atoms with Crippen LogP contribution in [0.15, 0.2) is 0 Å². The summed E-state index contributed by atoms with van der Waals surface area (Å²) in [5, 5.41) is 3.54. The van der Waals surface area contributed by atoms with Crippen molar-refractivity contribution in [3.63, 3.8) is 0 Å². The van der Waals surface area contributed by atoms with Crippen molar-refractivity contribution in [1.82, 2.24) is 15.0 Å². The van der Waals surface area contributed by atoms with Gasteiger partial charge in [-0.2, -0.15) is 15.0 Å². The van der Waals surface area contributed by atoms with Gasteiger partial charge in [0.15, 0.2) is 0 Å². The van der Waals surface area contributed by atoms with Gasteiger partial charge in [0.2, 0.25) is 17.2 Å². The number of halogens is 1. The molecule has 1 N–H and O–H groups in total. The molecule has 3 rings (SSSR count). The number of hydrogen-bond acceptors (Lipinski definition) is 6. The van der Waals surface area contributed by atoms with Crippen molar-refractivity contribution < 1.29 is 4.74 Å². The Balaban J connectivity index is 1.65. The summed E-state index contributed by atoms with van der Waals surface area (Å²) in [6.07, 6.45) is 5.01. The molecule has 2 unspecified atom stereocenters. The molecule has 6 nitrogen and oxygen atoms in total. The molecule has 116 valence electrons. The van der Waals surface area contributed by atoms with Crippen LogP contribution in [0.3, 0.4) is 0 Å². The smallest absolute Gasteiger partial charge is 0.231 e. The molecule has 2 saturated heterocycles. The molecule has 2 atom stereocenters. The molecule has 21 heavy (non-hydrogen) atoms. The first-order chi connectivity index (χ1) is 10.2. The lowest BCUT2D eigenvalue weighted by Gasteiger charge is -2.26. The minimum Gasteiger partial charge on any atom is -0.378 e. The summed E-state index contributed by atoms with van der Waals surface area (Å²) in [5.41, 5.74) is 0. The summed E-state index contributed by atoms with van der Waals surface area (Å²) >= 11 is 6.04. The average Bonchev–Trinajstić information content (AvgIpc) is 2.91. The molecule has 2 fully saturated rings. The highest BCUT2D eigenvalue weighted by Crippen LogP contribution is 2.22. The first-order valence-corrected chi connectivity index (χ1v) is 8.12. The van der Waals surface area contributed by atoms with Crippen LogP contribution in [-0.4, -0.2) is 47.3 Å². The Kier molecular flexibility index (Phi) is 4.75. The molecule has 0 radical (unpaired) electrons. The third kappa shape index (κ3) is 3.74. The molecule has 2 aliphatic rings. The first kappa shape index (κ1) is 14.8. The first-order valence-electron chi connectivity index (χ1n) is 7.74. The van der Waals surface area contributed by atoms with E-state index in [1.807, 2.05) is 0 Å². The van der Waals surface area contributed by atoms with Crippen LogP contribution >= 0.6 is 11.6 Å². The van der Waals surface area contributed by atoms with Gasteiger partial charge in [0.05, 0.1) is 6.10 Å². The Morgan fingerprint density at radius 2 is 2.05 bits per heavy atom. The van der Waals surface area contributed by atoms with Crippen molar-refractivity contribution >= 4 is 23.5 Å². The molecule has 2 aliphatic heterocycles. The molecule has 0 aromatic carbocycles. The molecule has 0 amide bonds. The SMILES string of the molecule is CC1OCCC1CNc1nc(Cl)nc(N2CCCCC2)n1. The number of ether oxygens (including phenoxy) is 1. The zero-order valence-corrected chi connectivity index (χ0v) is 13.1. The lowest BCUT2D eigenvalue weighted by atomic mass is 10.0. The van der Waals surface area contributed by atoms with Crippen LogP contribution in [0.4, 0.5) is 11.9 Å². The molecule has 0 aliphatic carbocycles. The Morgan fingerprint density at radius 3 is 2.76 bits per heavy atom. The third-order valence-electron chi connectivity index (χ3n) is 4.29. The second-order valence-electron chi connectivity index (χ2n) is 5.78. The van der Waals surface area contributed by atoms with Crippen LogP contribution in [0, 0.1) is 5.92 Å². The molecule has 7 heteroatoms. The highest BCUT2D eigenvalue weighted by molar-refractivity contribution is 6.28. The van der Waals surface area contributed by atoms with E-state index in [4.69, 9.17) is 16.3 Å². The van der Waals surface area contributed by atoms with Gasteiger partial charge in [0, 0.05) is 32.2 Å². The molecule has 0 spiro atoms. The maximum absolute atomic E-state index is 6.04. The topological polar surface area (TPSA) is 63.2 Å². The number of rotatable bonds is 4. The number of aromatic nitrogens is 3. The predicted molar refractivity (Wildman–Crippen MR) is 82.9 cm³/mol. The molecule has 0 bridgehead atoms. The molecule has 1 aromatic rings. The summed E-state index contributed by atoms with van der Waals surface area (Å²) in [5.74, 6) is 1.75. The molecular formula is C14H22ClN5O. The van der Waals surface area contributed by atoms with Gasteiger partial charge in [-0.25, -0.2) is 0 Å². The summed E-state index contributed by atoms with van der Waals surface area (Å²) in [4.78, 5) is 15.1. The van der Waals surface area contributed by atoms with E-state index in [-0.39, 0.29) is 11.4 Å². The zero-order chi connectivity index (χ0) is 14.7. The number of piperidine rings is 1. The van der Waals surface area contributed by atoms with Gasteiger partial charge in [-0.1, -0.05) is 0 Å². The normalized spacial score (nSPS) is 26.1. The van der Waals surface area contributed by atoms with E-state index in [0.29, 0.717) is 17.8 Å². The number of nitrogens with one attached hydrogen (secondary N) is 1. The van der Waals surface area contributed by atoms with Crippen LogP contribution in [0.2, 0.25) is 5.28 Å². The molecule has 0 saturated carbocycles. The van der Waals surface area contributed by atoms with Crippen molar-refractivity contribution in [1.29, 1.82) is 0 Å². The Labute approximate surface area is 130 Å². The van der Waals surface area contributed by atoms with Gasteiger partial charge in [-0.05, 0) is 44.2 Å². The Bertz CT molecular complexity index is 480. The van der Waals surface area contributed by atoms with E-state index in [1.165, 1.54) is 19.3 Å². The Morgan fingerprint density at radius 1 is 1.24 bits per heavy atom. The van der Waals surface area contributed by atoms with Gasteiger partial charge in [0.1, 0.15) is 0 Å². The fraction of sp³-hybridized carbons (Fsp3) is 0.786. The zero-order valence-electron chi connectivity index (χ0n) is 12.4. The van der Waals surface area contributed by atoms with E-state index >= 15 is 0 Å². The molecule has 3 heterocycles.